The molecule has 0 aromatic carbocycles. The minimum Gasteiger partial charge on any atom is -0.380 e. The topological polar surface area (TPSA) is 32.8 Å². The van der Waals surface area contributed by atoms with Gasteiger partial charge in [0.1, 0.15) is 0 Å². The zero-order valence-corrected chi connectivity index (χ0v) is 15.6. The predicted molar refractivity (Wildman–Crippen MR) is 91.8 cm³/mol. The van der Waals surface area contributed by atoms with Crippen LogP contribution in [0.25, 0.3) is 0 Å². The third kappa shape index (κ3) is 3.41. The fourth-order valence-corrected chi connectivity index (χ4v) is 7.88. The fraction of sp³-hybridized carbons (Fsp3) is 0.941. The van der Waals surface area contributed by atoms with Gasteiger partial charge in [-0.05, 0) is 45.1 Å². The summed E-state index contributed by atoms with van der Waals surface area (Å²) in [6.45, 7) is 10.8. The molecule has 1 unspecified atom stereocenters. The van der Waals surface area contributed by atoms with Crippen LogP contribution in [0.2, 0.25) is 24.7 Å². The van der Waals surface area contributed by atoms with Gasteiger partial charge in [-0.25, -0.2) is 0 Å². The van der Waals surface area contributed by atoms with Crippen LogP contribution in [0.5, 0.6) is 0 Å². The molecule has 3 fully saturated rings. The molecule has 5 heteroatoms. The van der Waals surface area contributed by atoms with E-state index in [1.165, 1.54) is 31.2 Å². The summed E-state index contributed by atoms with van der Waals surface area (Å²) in [6.07, 6.45) is 2.25. The van der Waals surface area contributed by atoms with Gasteiger partial charge in [0.05, 0.1) is 21.3 Å². The van der Waals surface area contributed by atoms with Gasteiger partial charge in [-0.2, -0.15) is 0 Å². The minimum atomic E-state index is -1.08. The molecule has 3 rings (SSSR count). The van der Waals surface area contributed by atoms with Crippen LogP contribution in [0.4, 0.5) is 0 Å². The van der Waals surface area contributed by atoms with Crippen molar-refractivity contribution in [2.24, 2.45) is 11.3 Å². The predicted octanol–water partition coefficient (Wildman–Crippen LogP) is 2.29. The molecule has 0 aliphatic carbocycles. The van der Waals surface area contributed by atoms with Gasteiger partial charge < -0.3 is 14.5 Å². The molecule has 1 spiro atoms. The molecule has 1 amide bonds. The lowest BCUT2D eigenvalue weighted by Gasteiger charge is -2.38. The average Bonchev–Trinajstić information content (AvgIpc) is 2.93. The van der Waals surface area contributed by atoms with E-state index >= 15 is 0 Å². The molecule has 0 saturated carbocycles. The molecule has 1 atom stereocenters. The second-order valence-corrected chi connectivity index (χ2v) is 13.7. The Morgan fingerprint density at radius 1 is 1.27 bits per heavy atom. The minimum absolute atomic E-state index is 0.208. The number of hydrogen-bond donors (Lipinski definition) is 0. The first-order chi connectivity index (χ1) is 10.4. The van der Waals surface area contributed by atoms with Gasteiger partial charge in [-0.3, -0.25) is 4.79 Å². The zero-order valence-electron chi connectivity index (χ0n) is 14.6. The number of likely N-dealkylation sites (tertiary alicyclic amines) is 1. The van der Waals surface area contributed by atoms with Gasteiger partial charge in [0.15, 0.2) is 0 Å². The van der Waals surface area contributed by atoms with Crippen molar-refractivity contribution in [2.45, 2.75) is 44.4 Å². The van der Waals surface area contributed by atoms with Crippen molar-refractivity contribution in [3.8, 4) is 0 Å². The number of amides is 1. The third-order valence-corrected chi connectivity index (χ3v) is 10.7. The number of carbonyl (C=O) groups is 1. The summed E-state index contributed by atoms with van der Waals surface area (Å²) in [6, 6.07) is 4.15. The Labute approximate surface area is 136 Å². The Hall–Kier alpha value is -0.393. The maximum atomic E-state index is 12.7. The van der Waals surface area contributed by atoms with E-state index in [9.17, 15) is 4.79 Å². The standard InChI is InChI=1S/C17H32N2O2Si/c1-15(4-9-22(3)10-7-18(2)8-11-22)16(20)19-6-5-17(12-19)13-21-14-17/h15H,4-14H2,1-3H3. The van der Waals surface area contributed by atoms with E-state index in [1.807, 2.05) is 0 Å². The molecule has 0 N–H and O–H groups in total. The Morgan fingerprint density at radius 3 is 2.50 bits per heavy atom. The van der Waals surface area contributed by atoms with Gasteiger partial charge in [-0.15, -0.1) is 0 Å². The van der Waals surface area contributed by atoms with Gasteiger partial charge in [-0.1, -0.05) is 19.5 Å². The Morgan fingerprint density at radius 2 is 1.95 bits per heavy atom. The van der Waals surface area contributed by atoms with Crippen LogP contribution in [-0.4, -0.2) is 70.2 Å². The Kier molecular flexibility index (Phi) is 4.68. The average molecular weight is 325 g/mol. The van der Waals surface area contributed by atoms with Gasteiger partial charge in [0.25, 0.3) is 0 Å². The lowest BCUT2D eigenvalue weighted by Crippen LogP contribution is -2.46. The van der Waals surface area contributed by atoms with E-state index in [1.54, 1.807) is 0 Å². The smallest absolute Gasteiger partial charge is 0.225 e. The summed E-state index contributed by atoms with van der Waals surface area (Å²) >= 11 is 0. The van der Waals surface area contributed by atoms with Crippen molar-refractivity contribution in [1.82, 2.24) is 9.80 Å². The van der Waals surface area contributed by atoms with Crippen molar-refractivity contribution in [3.63, 3.8) is 0 Å². The molecule has 0 radical (unpaired) electrons. The molecule has 0 aromatic heterocycles. The van der Waals surface area contributed by atoms with Gasteiger partial charge >= 0.3 is 0 Å². The lowest BCUT2D eigenvalue weighted by atomic mass is 9.85. The molecule has 3 heterocycles. The molecular weight excluding hydrogens is 292 g/mol. The second-order valence-electron chi connectivity index (χ2n) is 8.56. The monoisotopic (exact) mass is 324 g/mol. The molecule has 3 aliphatic heterocycles. The lowest BCUT2D eigenvalue weighted by molar-refractivity contribution is -0.138. The fourth-order valence-electron chi connectivity index (χ4n) is 4.16. The van der Waals surface area contributed by atoms with Crippen LogP contribution in [-0.2, 0) is 9.53 Å². The van der Waals surface area contributed by atoms with Crippen molar-refractivity contribution in [1.29, 1.82) is 0 Å². The maximum Gasteiger partial charge on any atom is 0.225 e. The summed E-state index contributed by atoms with van der Waals surface area (Å²) in [5.41, 5.74) is 0.323. The molecule has 3 aliphatic rings. The van der Waals surface area contributed by atoms with E-state index in [4.69, 9.17) is 4.74 Å². The molecule has 4 nitrogen and oxygen atoms in total. The summed E-state index contributed by atoms with van der Waals surface area (Å²) in [5, 5.41) is 0. The van der Waals surface area contributed by atoms with Crippen LogP contribution in [0.3, 0.4) is 0 Å². The van der Waals surface area contributed by atoms with E-state index < -0.39 is 8.07 Å². The van der Waals surface area contributed by atoms with Crippen LogP contribution in [0.15, 0.2) is 0 Å². The second kappa shape index (κ2) is 6.25. The van der Waals surface area contributed by atoms with Gasteiger partial charge in [0.2, 0.25) is 5.91 Å². The number of nitrogens with zero attached hydrogens (tertiary/aromatic N) is 2. The van der Waals surface area contributed by atoms with Crippen LogP contribution < -0.4 is 0 Å². The third-order valence-electron chi connectivity index (χ3n) is 6.36. The molecule has 0 bridgehead atoms. The summed E-state index contributed by atoms with van der Waals surface area (Å²) in [4.78, 5) is 17.3. The van der Waals surface area contributed by atoms with Crippen LogP contribution in [0, 0.1) is 11.3 Å². The normalized spacial score (nSPS) is 28.6. The first-order valence-electron chi connectivity index (χ1n) is 8.97. The van der Waals surface area contributed by atoms with Crippen molar-refractivity contribution >= 4 is 14.0 Å². The van der Waals surface area contributed by atoms with E-state index in [2.05, 4.69) is 30.3 Å². The Balaban J connectivity index is 1.45. The van der Waals surface area contributed by atoms with Crippen LogP contribution in [0.1, 0.15) is 19.8 Å². The van der Waals surface area contributed by atoms with E-state index in [-0.39, 0.29) is 5.92 Å². The molecular formula is C17H32N2O2Si. The first-order valence-corrected chi connectivity index (χ1v) is 12.1. The number of ether oxygens (including phenoxy) is 1. The highest BCUT2D eigenvalue weighted by molar-refractivity contribution is 6.78. The number of carbonyl (C=O) groups excluding carboxylic acids is 1. The van der Waals surface area contributed by atoms with Crippen molar-refractivity contribution in [2.75, 3.05) is 46.4 Å². The highest BCUT2D eigenvalue weighted by Gasteiger charge is 2.46. The van der Waals surface area contributed by atoms with E-state index in [0.717, 1.165) is 39.1 Å². The summed E-state index contributed by atoms with van der Waals surface area (Å²) in [5.74, 6) is 0.606. The zero-order chi connectivity index (χ0) is 15.8. The summed E-state index contributed by atoms with van der Waals surface area (Å²) < 4.78 is 5.36. The molecule has 126 valence electrons. The van der Waals surface area contributed by atoms with Gasteiger partial charge in [0, 0.05) is 24.4 Å². The highest BCUT2D eigenvalue weighted by atomic mass is 28.3. The number of rotatable bonds is 4. The number of hydrogen-bond acceptors (Lipinski definition) is 3. The van der Waals surface area contributed by atoms with Crippen molar-refractivity contribution < 1.29 is 9.53 Å². The van der Waals surface area contributed by atoms with Crippen LogP contribution >= 0.6 is 0 Å². The first kappa shape index (κ1) is 16.5. The quantitative estimate of drug-likeness (QED) is 0.744. The SMILES string of the molecule is CC(CC[Si]1(C)CCN(C)CC1)C(=O)N1CCC2(COC2)C1. The van der Waals surface area contributed by atoms with E-state index in [0.29, 0.717) is 11.3 Å². The Bertz CT molecular complexity index is 417. The molecule has 3 saturated heterocycles. The highest BCUT2D eigenvalue weighted by Crippen LogP contribution is 2.38. The summed E-state index contributed by atoms with van der Waals surface area (Å²) in [7, 11) is 1.15. The van der Waals surface area contributed by atoms with Crippen molar-refractivity contribution in [3.05, 3.63) is 0 Å². The maximum absolute atomic E-state index is 12.7. The molecule has 22 heavy (non-hydrogen) atoms. The molecule has 0 aromatic rings. The largest absolute Gasteiger partial charge is 0.380 e.